The lowest BCUT2D eigenvalue weighted by atomic mass is 10.0. The molecular weight excluding hydrogens is 432 g/mol. The van der Waals surface area contributed by atoms with Gasteiger partial charge < -0.3 is 20.2 Å². The Balaban J connectivity index is 1.37. The fourth-order valence-electron chi connectivity index (χ4n) is 4.31. The van der Waals surface area contributed by atoms with Crippen LogP contribution in [0.15, 0.2) is 53.5 Å². The number of hydrogen-bond acceptors (Lipinski definition) is 7. The molecule has 0 saturated carbocycles. The standard InChI is InChI=1S/C25H26N6O3/c1-33-21-8-5-16(11-22(21)34-2)23-17(12-27-30-23)13-31-10-9-20-19(14-31)25(32)29-24(28-20)15-3-6-18(26)7-4-15/h3-8,11-12H,9-10,13-14,26H2,1-2H3,(H,27,30)(H,28,29,32). The van der Waals surface area contributed by atoms with E-state index >= 15 is 0 Å². The average Bonchev–Trinajstić information content (AvgIpc) is 3.32. The minimum atomic E-state index is -0.103. The number of nitrogens with two attached hydrogens (primary N) is 1. The van der Waals surface area contributed by atoms with Gasteiger partial charge >= 0.3 is 0 Å². The van der Waals surface area contributed by atoms with Gasteiger partial charge in [-0.2, -0.15) is 5.10 Å². The fourth-order valence-corrected chi connectivity index (χ4v) is 4.31. The largest absolute Gasteiger partial charge is 0.493 e. The molecule has 4 aromatic rings. The van der Waals surface area contributed by atoms with E-state index in [0.717, 1.165) is 34.6 Å². The van der Waals surface area contributed by atoms with Crippen molar-refractivity contribution in [2.45, 2.75) is 19.5 Å². The zero-order valence-electron chi connectivity index (χ0n) is 19.1. The van der Waals surface area contributed by atoms with Gasteiger partial charge in [-0.25, -0.2) is 4.98 Å². The Morgan fingerprint density at radius 3 is 2.59 bits per heavy atom. The minimum absolute atomic E-state index is 0.103. The van der Waals surface area contributed by atoms with Crippen LogP contribution in [0.25, 0.3) is 22.6 Å². The summed E-state index contributed by atoms with van der Waals surface area (Å²) in [5.74, 6) is 1.90. The first-order chi connectivity index (χ1) is 16.6. The zero-order chi connectivity index (χ0) is 23.7. The predicted molar refractivity (Wildman–Crippen MR) is 130 cm³/mol. The van der Waals surface area contributed by atoms with Crippen molar-refractivity contribution < 1.29 is 9.47 Å². The molecule has 0 radical (unpaired) electrons. The van der Waals surface area contributed by atoms with E-state index in [0.29, 0.717) is 48.1 Å². The number of aromatic nitrogens is 4. The molecule has 0 unspecified atom stereocenters. The van der Waals surface area contributed by atoms with Gasteiger partial charge in [0.05, 0.1) is 37.4 Å². The van der Waals surface area contributed by atoms with Crippen molar-refractivity contribution in [1.29, 1.82) is 0 Å². The first-order valence-corrected chi connectivity index (χ1v) is 11.0. The summed E-state index contributed by atoms with van der Waals surface area (Å²) in [5, 5.41) is 7.36. The number of aromatic amines is 2. The lowest BCUT2D eigenvalue weighted by Gasteiger charge is -2.27. The number of benzene rings is 2. The van der Waals surface area contributed by atoms with E-state index in [4.69, 9.17) is 20.2 Å². The second kappa shape index (κ2) is 9.03. The lowest BCUT2D eigenvalue weighted by molar-refractivity contribution is 0.242. The van der Waals surface area contributed by atoms with E-state index in [1.165, 1.54) is 0 Å². The molecule has 0 saturated heterocycles. The molecule has 174 valence electrons. The number of ether oxygens (including phenoxy) is 2. The van der Waals surface area contributed by atoms with Gasteiger partial charge in [-0.05, 0) is 42.5 Å². The van der Waals surface area contributed by atoms with E-state index in [1.807, 2.05) is 36.5 Å². The molecule has 3 heterocycles. The SMILES string of the molecule is COc1ccc(-c2[nH]ncc2CN2CCc3nc(-c4ccc(N)cc4)[nH]c(=O)c3C2)cc1OC. The first-order valence-electron chi connectivity index (χ1n) is 11.0. The summed E-state index contributed by atoms with van der Waals surface area (Å²) in [5.41, 5.74) is 11.7. The molecular formula is C25H26N6O3. The van der Waals surface area contributed by atoms with Crippen LogP contribution in [0.4, 0.5) is 5.69 Å². The summed E-state index contributed by atoms with van der Waals surface area (Å²) in [6, 6.07) is 13.1. The maximum absolute atomic E-state index is 12.9. The van der Waals surface area contributed by atoms with Gasteiger partial charge in [-0.1, -0.05) is 0 Å². The molecule has 1 aliphatic heterocycles. The summed E-state index contributed by atoms with van der Waals surface area (Å²) in [7, 11) is 3.23. The van der Waals surface area contributed by atoms with Crippen LogP contribution in [0.2, 0.25) is 0 Å². The number of rotatable bonds is 6. The Bertz CT molecular complexity index is 1380. The summed E-state index contributed by atoms with van der Waals surface area (Å²) >= 11 is 0. The van der Waals surface area contributed by atoms with Crippen molar-refractivity contribution in [1.82, 2.24) is 25.1 Å². The maximum atomic E-state index is 12.9. The van der Waals surface area contributed by atoms with Crippen LogP contribution < -0.4 is 20.8 Å². The second-order valence-electron chi connectivity index (χ2n) is 8.26. The number of fused-ring (bicyclic) bond motifs is 1. The van der Waals surface area contributed by atoms with Crippen molar-refractivity contribution in [3.8, 4) is 34.1 Å². The predicted octanol–water partition coefficient (Wildman–Crippen LogP) is 2.98. The molecule has 2 aromatic carbocycles. The number of anilines is 1. The normalized spacial score (nSPS) is 13.5. The second-order valence-corrected chi connectivity index (χ2v) is 8.26. The van der Waals surface area contributed by atoms with Crippen molar-refractivity contribution in [2.75, 3.05) is 26.5 Å². The van der Waals surface area contributed by atoms with Crippen LogP contribution in [-0.2, 0) is 19.5 Å². The highest BCUT2D eigenvalue weighted by Gasteiger charge is 2.23. The molecule has 0 aliphatic carbocycles. The van der Waals surface area contributed by atoms with Crippen LogP contribution >= 0.6 is 0 Å². The van der Waals surface area contributed by atoms with Crippen molar-refractivity contribution in [2.24, 2.45) is 0 Å². The van der Waals surface area contributed by atoms with E-state index in [2.05, 4.69) is 20.1 Å². The summed E-state index contributed by atoms with van der Waals surface area (Å²) in [4.78, 5) is 22.8. The highest BCUT2D eigenvalue weighted by atomic mass is 16.5. The number of nitrogens with one attached hydrogen (secondary N) is 2. The zero-order valence-corrected chi connectivity index (χ0v) is 19.1. The number of nitrogens with zero attached hydrogens (tertiary/aromatic N) is 3. The molecule has 34 heavy (non-hydrogen) atoms. The summed E-state index contributed by atoms with van der Waals surface area (Å²) in [6.45, 7) is 1.97. The van der Waals surface area contributed by atoms with Crippen LogP contribution in [0, 0.1) is 0 Å². The average molecular weight is 459 g/mol. The van der Waals surface area contributed by atoms with Crippen molar-refractivity contribution in [3.63, 3.8) is 0 Å². The van der Waals surface area contributed by atoms with Gasteiger partial charge in [0, 0.05) is 48.4 Å². The molecule has 1 aliphatic rings. The third kappa shape index (κ3) is 4.13. The van der Waals surface area contributed by atoms with Crippen LogP contribution in [0.3, 0.4) is 0 Å². The van der Waals surface area contributed by atoms with Crippen molar-refractivity contribution >= 4 is 5.69 Å². The van der Waals surface area contributed by atoms with Gasteiger partial charge in [0.2, 0.25) is 0 Å². The molecule has 0 atom stereocenters. The van der Waals surface area contributed by atoms with Gasteiger partial charge in [0.25, 0.3) is 5.56 Å². The van der Waals surface area contributed by atoms with E-state index < -0.39 is 0 Å². The van der Waals surface area contributed by atoms with Gasteiger partial charge in [0.1, 0.15) is 5.82 Å². The van der Waals surface area contributed by atoms with Crippen LogP contribution in [0.5, 0.6) is 11.5 Å². The molecule has 5 rings (SSSR count). The van der Waals surface area contributed by atoms with E-state index in [9.17, 15) is 4.79 Å². The number of hydrogen-bond donors (Lipinski definition) is 3. The topological polar surface area (TPSA) is 122 Å². The molecule has 9 heteroatoms. The Labute approximate surface area is 196 Å². The van der Waals surface area contributed by atoms with Crippen LogP contribution in [0.1, 0.15) is 16.8 Å². The Morgan fingerprint density at radius 2 is 1.82 bits per heavy atom. The molecule has 0 spiro atoms. The van der Waals surface area contributed by atoms with Gasteiger partial charge in [-0.3, -0.25) is 14.8 Å². The molecule has 0 fully saturated rings. The first kappa shape index (κ1) is 21.7. The molecule has 2 aromatic heterocycles. The van der Waals surface area contributed by atoms with Crippen molar-refractivity contribution in [3.05, 3.63) is 75.8 Å². The fraction of sp³-hybridized carbons (Fsp3) is 0.240. The number of nitrogen functional groups attached to an aromatic ring is 1. The molecule has 0 bridgehead atoms. The monoisotopic (exact) mass is 458 g/mol. The summed E-state index contributed by atoms with van der Waals surface area (Å²) < 4.78 is 10.8. The van der Waals surface area contributed by atoms with Crippen LogP contribution in [-0.4, -0.2) is 45.8 Å². The van der Waals surface area contributed by atoms with Gasteiger partial charge in [-0.15, -0.1) is 0 Å². The van der Waals surface area contributed by atoms with E-state index in [1.54, 1.807) is 26.4 Å². The highest BCUT2D eigenvalue weighted by Crippen LogP contribution is 2.33. The van der Waals surface area contributed by atoms with E-state index in [-0.39, 0.29) is 5.56 Å². The van der Waals surface area contributed by atoms with Gasteiger partial charge in [0.15, 0.2) is 11.5 Å². The minimum Gasteiger partial charge on any atom is -0.493 e. The third-order valence-corrected chi connectivity index (χ3v) is 6.12. The number of methoxy groups -OCH3 is 2. The molecule has 9 nitrogen and oxygen atoms in total. The highest BCUT2D eigenvalue weighted by molar-refractivity contribution is 5.66. The lowest BCUT2D eigenvalue weighted by Crippen LogP contribution is -2.35. The Hall–Kier alpha value is -4.11. The Kier molecular flexibility index (Phi) is 5.77. The molecule has 4 N–H and O–H groups in total. The maximum Gasteiger partial charge on any atom is 0.255 e. The smallest absolute Gasteiger partial charge is 0.255 e. The number of H-pyrrole nitrogens is 2. The quantitative estimate of drug-likeness (QED) is 0.380. The third-order valence-electron chi connectivity index (χ3n) is 6.12. The summed E-state index contributed by atoms with van der Waals surface area (Å²) in [6.07, 6.45) is 2.53. The molecule has 0 amide bonds. The Morgan fingerprint density at radius 1 is 1.06 bits per heavy atom.